The fraction of sp³-hybridized carbons (Fsp3) is 0.400. The monoisotopic (exact) mass is 263 g/mol. The van der Waals surface area contributed by atoms with E-state index in [-0.39, 0.29) is 17.1 Å². The number of benzene rings is 1. The molecule has 0 fully saturated rings. The van der Waals surface area contributed by atoms with Crippen molar-refractivity contribution in [2.75, 3.05) is 14.1 Å². The van der Waals surface area contributed by atoms with Gasteiger partial charge in [-0.15, -0.1) is 0 Å². The van der Waals surface area contributed by atoms with Gasteiger partial charge < -0.3 is 4.42 Å². The Kier molecular flexibility index (Phi) is 3.45. The van der Waals surface area contributed by atoms with Gasteiger partial charge in [-0.1, -0.05) is 19.1 Å². The number of carbonyl (C=O) groups excluding carboxylic acids is 1. The fourth-order valence-electron chi connectivity index (χ4n) is 2.08. The molecule has 3 nitrogen and oxygen atoms in total. The third-order valence-corrected chi connectivity index (χ3v) is 3.88. The first-order valence-electron chi connectivity index (χ1n) is 6.30. The van der Waals surface area contributed by atoms with Crippen LogP contribution in [0, 0.1) is 5.82 Å². The fourth-order valence-corrected chi connectivity index (χ4v) is 2.08. The number of Topliss-reactive ketones (excluding diaryl/α,β-unsaturated/α-hetero) is 1. The predicted octanol–water partition coefficient (Wildman–Crippen LogP) is 3.48. The van der Waals surface area contributed by atoms with Gasteiger partial charge in [0.1, 0.15) is 0 Å². The van der Waals surface area contributed by atoms with Crippen molar-refractivity contribution < 1.29 is 13.6 Å². The lowest BCUT2D eigenvalue weighted by Crippen LogP contribution is -2.47. The Hall–Kier alpha value is -1.68. The molecule has 0 saturated carbocycles. The summed E-state index contributed by atoms with van der Waals surface area (Å²) in [5.41, 5.74) is -0.507. The Morgan fingerprint density at radius 3 is 2.63 bits per heavy atom. The maximum Gasteiger partial charge on any atom is 0.217 e. The summed E-state index contributed by atoms with van der Waals surface area (Å²) in [6, 6.07) is 6.27. The molecule has 1 heterocycles. The van der Waals surface area contributed by atoms with Crippen molar-refractivity contribution in [3.63, 3.8) is 0 Å². The largest absolute Gasteiger partial charge is 0.450 e. The van der Waals surface area contributed by atoms with E-state index in [0.717, 1.165) is 0 Å². The smallest absolute Gasteiger partial charge is 0.217 e. The van der Waals surface area contributed by atoms with Gasteiger partial charge in [-0.3, -0.25) is 9.69 Å². The Bertz CT molecular complexity index is 618. The summed E-state index contributed by atoms with van der Waals surface area (Å²) in [4.78, 5) is 14.4. The minimum Gasteiger partial charge on any atom is -0.450 e. The van der Waals surface area contributed by atoms with Gasteiger partial charge >= 0.3 is 0 Å². The van der Waals surface area contributed by atoms with Crippen LogP contribution < -0.4 is 0 Å². The minimum atomic E-state index is -0.648. The van der Waals surface area contributed by atoms with Crippen molar-refractivity contribution in [3.05, 3.63) is 35.8 Å². The van der Waals surface area contributed by atoms with Crippen molar-refractivity contribution in [3.8, 4) is 0 Å². The van der Waals surface area contributed by atoms with E-state index in [1.165, 1.54) is 6.07 Å². The van der Waals surface area contributed by atoms with Gasteiger partial charge in [0.25, 0.3) is 0 Å². The van der Waals surface area contributed by atoms with E-state index in [2.05, 4.69) is 0 Å². The Morgan fingerprint density at radius 1 is 1.42 bits per heavy atom. The number of nitrogens with zero attached hydrogens (tertiary/aromatic N) is 1. The van der Waals surface area contributed by atoms with Crippen LogP contribution in [0.1, 0.15) is 30.8 Å². The van der Waals surface area contributed by atoms with E-state index in [9.17, 15) is 9.18 Å². The molecule has 2 rings (SSSR count). The van der Waals surface area contributed by atoms with E-state index in [1.807, 2.05) is 32.8 Å². The quantitative estimate of drug-likeness (QED) is 0.792. The number of furan rings is 1. The Balaban J connectivity index is 2.50. The molecule has 0 amide bonds. The van der Waals surface area contributed by atoms with Crippen molar-refractivity contribution >= 4 is 16.8 Å². The van der Waals surface area contributed by atoms with Crippen LogP contribution in [-0.4, -0.2) is 30.3 Å². The second-order valence-corrected chi connectivity index (χ2v) is 5.12. The first kappa shape index (κ1) is 13.7. The second kappa shape index (κ2) is 4.78. The zero-order valence-electron chi connectivity index (χ0n) is 11.7. The van der Waals surface area contributed by atoms with Crippen LogP contribution >= 0.6 is 0 Å². The lowest BCUT2D eigenvalue weighted by molar-refractivity contribution is 0.0682. The SMILES string of the molecule is CCC(C)(C(=O)c1cc2cccc(F)c2o1)N(C)C. The third-order valence-electron chi connectivity index (χ3n) is 3.88. The summed E-state index contributed by atoms with van der Waals surface area (Å²) < 4.78 is 19.0. The zero-order valence-corrected chi connectivity index (χ0v) is 11.7. The summed E-state index contributed by atoms with van der Waals surface area (Å²) in [7, 11) is 3.70. The molecule has 0 aliphatic heterocycles. The number of halogens is 1. The molecular formula is C15H18FNO2. The number of ketones is 1. The first-order chi connectivity index (χ1) is 8.90. The van der Waals surface area contributed by atoms with E-state index < -0.39 is 11.4 Å². The molecule has 19 heavy (non-hydrogen) atoms. The van der Waals surface area contributed by atoms with Crippen LogP contribution in [0.3, 0.4) is 0 Å². The van der Waals surface area contributed by atoms with Crippen molar-refractivity contribution in [1.82, 2.24) is 4.90 Å². The standard InChI is InChI=1S/C15H18FNO2/c1-5-15(2,17(3)4)14(18)12-9-10-7-6-8-11(16)13(10)19-12/h6-9H,5H2,1-4H3. The molecule has 1 unspecified atom stereocenters. The van der Waals surface area contributed by atoms with Crippen LogP contribution in [0.5, 0.6) is 0 Å². The minimum absolute atomic E-state index is 0.129. The highest BCUT2D eigenvalue weighted by Crippen LogP contribution is 2.27. The Morgan fingerprint density at radius 2 is 2.11 bits per heavy atom. The van der Waals surface area contributed by atoms with Crippen molar-refractivity contribution in [2.45, 2.75) is 25.8 Å². The lowest BCUT2D eigenvalue weighted by Gasteiger charge is -2.33. The summed E-state index contributed by atoms with van der Waals surface area (Å²) >= 11 is 0. The van der Waals surface area contributed by atoms with Crippen LogP contribution in [0.25, 0.3) is 11.0 Å². The summed E-state index contributed by atoms with van der Waals surface area (Å²) in [5.74, 6) is -0.367. The Labute approximate surface area is 112 Å². The molecule has 0 radical (unpaired) electrons. The number of para-hydroxylation sites is 1. The molecule has 0 bridgehead atoms. The number of carbonyl (C=O) groups is 1. The van der Waals surface area contributed by atoms with Gasteiger partial charge in [0, 0.05) is 5.39 Å². The summed E-state index contributed by atoms with van der Waals surface area (Å²) in [6.45, 7) is 3.81. The van der Waals surface area contributed by atoms with Crippen molar-refractivity contribution in [1.29, 1.82) is 0 Å². The van der Waals surface area contributed by atoms with E-state index >= 15 is 0 Å². The van der Waals surface area contributed by atoms with Crippen LogP contribution in [0.15, 0.2) is 28.7 Å². The third kappa shape index (κ3) is 2.16. The van der Waals surface area contributed by atoms with E-state index in [1.54, 1.807) is 18.2 Å². The van der Waals surface area contributed by atoms with Gasteiger partial charge in [0.15, 0.2) is 17.2 Å². The number of hydrogen-bond donors (Lipinski definition) is 0. The molecule has 0 saturated heterocycles. The van der Waals surface area contributed by atoms with Crippen LogP contribution in [0.2, 0.25) is 0 Å². The second-order valence-electron chi connectivity index (χ2n) is 5.12. The highest BCUT2D eigenvalue weighted by Gasteiger charge is 2.36. The molecule has 0 N–H and O–H groups in total. The normalized spacial score (nSPS) is 14.8. The molecular weight excluding hydrogens is 245 g/mol. The van der Waals surface area contributed by atoms with Gasteiger partial charge in [0.05, 0.1) is 5.54 Å². The van der Waals surface area contributed by atoms with E-state index in [4.69, 9.17) is 4.42 Å². The molecule has 0 spiro atoms. The molecule has 0 aliphatic carbocycles. The lowest BCUT2D eigenvalue weighted by atomic mass is 9.90. The number of fused-ring (bicyclic) bond motifs is 1. The van der Waals surface area contributed by atoms with E-state index in [0.29, 0.717) is 11.8 Å². The molecule has 4 heteroatoms. The molecule has 102 valence electrons. The molecule has 1 atom stereocenters. The predicted molar refractivity (Wildman–Crippen MR) is 72.9 cm³/mol. The topological polar surface area (TPSA) is 33.5 Å². The average molecular weight is 263 g/mol. The van der Waals surface area contributed by atoms with Gasteiger partial charge in [0.2, 0.25) is 5.78 Å². The molecule has 2 aromatic rings. The molecule has 1 aromatic heterocycles. The average Bonchev–Trinajstić information content (AvgIpc) is 2.82. The zero-order chi connectivity index (χ0) is 14.2. The summed E-state index contributed by atoms with van der Waals surface area (Å²) in [5, 5.41) is 0.612. The molecule has 1 aromatic carbocycles. The van der Waals surface area contributed by atoms with Crippen LogP contribution in [-0.2, 0) is 0 Å². The number of hydrogen-bond acceptors (Lipinski definition) is 3. The van der Waals surface area contributed by atoms with Gasteiger partial charge in [-0.05, 0) is 39.6 Å². The molecule has 0 aliphatic rings. The van der Waals surface area contributed by atoms with Crippen LogP contribution in [0.4, 0.5) is 4.39 Å². The van der Waals surface area contributed by atoms with Crippen molar-refractivity contribution in [2.24, 2.45) is 0 Å². The first-order valence-corrected chi connectivity index (χ1v) is 6.30. The maximum atomic E-state index is 13.6. The highest BCUT2D eigenvalue weighted by molar-refractivity contribution is 6.03. The summed E-state index contributed by atoms with van der Waals surface area (Å²) in [6.07, 6.45) is 0.651. The van der Waals surface area contributed by atoms with Gasteiger partial charge in [-0.2, -0.15) is 0 Å². The maximum absolute atomic E-state index is 13.6. The number of rotatable bonds is 4. The van der Waals surface area contributed by atoms with Gasteiger partial charge in [-0.25, -0.2) is 4.39 Å². The highest BCUT2D eigenvalue weighted by atomic mass is 19.1. The number of likely N-dealkylation sites (N-methyl/N-ethyl adjacent to an activating group) is 1.